The zero-order valence-electron chi connectivity index (χ0n) is 12.7. The van der Waals surface area contributed by atoms with Crippen molar-refractivity contribution >= 4 is 11.7 Å². The van der Waals surface area contributed by atoms with Crippen LogP contribution in [0.3, 0.4) is 0 Å². The van der Waals surface area contributed by atoms with E-state index >= 15 is 0 Å². The van der Waals surface area contributed by atoms with Crippen molar-refractivity contribution in [3.8, 4) is 0 Å². The van der Waals surface area contributed by atoms with Crippen molar-refractivity contribution < 1.29 is 4.79 Å². The number of pyridine rings is 1. The Morgan fingerprint density at radius 1 is 1.37 bits per heavy atom. The summed E-state index contributed by atoms with van der Waals surface area (Å²) in [5.41, 5.74) is 1.66. The van der Waals surface area contributed by atoms with Crippen LogP contribution in [0.2, 0.25) is 0 Å². The molecule has 0 aromatic carbocycles. The van der Waals surface area contributed by atoms with Gasteiger partial charge in [-0.15, -0.1) is 0 Å². The number of amides is 1. The molecule has 1 heterocycles. The molecule has 0 atom stereocenters. The highest BCUT2D eigenvalue weighted by Crippen LogP contribution is 2.15. The van der Waals surface area contributed by atoms with Gasteiger partial charge in [-0.2, -0.15) is 0 Å². The predicted molar refractivity (Wildman–Crippen MR) is 79.6 cm³/mol. The molecule has 0 saturated carbocycles. The fourth-order valence-electron chi connectivity index (χ4n) is 2.02. The summed E-state index contributed by atoms with van der Waals surface area (Å²) in [6.45, 7) is 9.02. The molecule has 1 amide bonds. The Balaban J connectivity index is 3.09. The van der Waals surface area contributed by atoms with Gasteiger partial charge in [0, 0.05) is 30.9 Å². The average molecular weight is 263 g/mol. The molecule has 0 unspecified atom stereocenters. The third-order valence-corrected chi connectivity index (χ3v) is 3.09. The van der Waals surface area contributed by atoms with Gasteiger partial charge in [0.25, 0.3) is 5.91 Å². The molecule has 0 aliphatic carbocycles. The van der Waals surface area contributed by atoms with Gasteiger partial charge in [-0.05, 0) is 38.8 Å². The first-order valence-electron chi connectivity index (χ1n) is 7.03. The highest BCUT2D eigenvalue weighted by molar-refractivity contribution is 5.95. The van der Waals surface area contributed by atoms with E-state index in [1.165, 1.54) is 0 Å². The second-order valence-electron chi connectivity index (χ2n) is 4.93. The van der Waals surface area contributed by atoms with Crippen molar-refractivity contribution in [3.05, 3.63) is 23.4 Å². The molecule has 0 saturated heterocycles. The first-order valence-corrected chi connectivity index (χ1v) is 7.03. The number of carbonyl (C=O) groups is 1. The lowest BCUT2D eigenvalue weighted by Crippen LogP contribution is -2.37. The van der Waals surface area contributed by atoms with Crippen LogP contribution in [0.4, 0.5) is 5.82 Å². The van der Waals surface area contributed by atoms with E-state index in [2.05, 4.69) is 31.1 Å². The normalized spacial score (nSPS) is 10.6. The Bertz CT molecular complexity index is 407. The first kappa shape index (κ1) is 15.5. The third kappa shape index (κ3) is 3.94. The molecule has 1 aromatic rings. The summed E-state index contributed by atoms with van der Waals surface area (Å²) in [6.07, 6.45) is 1.79. The maximum absolute atomic E-state index is 12.6. The topological polar surface area (TPSA) is 45.2 Å². The molecule has 4 nitrogen and oxygen atoms in total. The zero-order chi connectivity index (χ0) is 14.4. The van der Waals surface area contributed by atoms with Gasteiger partial charge >= 0.3 is 0 Å². The number of hydrogen-bond acceptors (Lipinski definition) is 3. The Kier molecular flexibility index (Phi) is 5.80. The fraction of sp³-hybridized carbons (Fsp3) is 0.600. The molecule has 0 radical (unpaired) electrons. The van der Waals surface area contributed by atoms with Crippen molar-refractivity contribution in [2.45, 2.75) is 46.6 Å². The standard InChI is InChI=1S/C15H25N3O/c1-6-8-18(11(3)4)15(19)12-9-13(7-2)17-14(10-12)16-5/h9-11H,6-8H2,1-5H3,(H,16,17). The van der Waals surface area contributed by atoms with Gasteiger partial charge in [0.1, 0.15) is 5.82 Å². The first-order chi connectivity index (χ1) is 9.03. The molecule has 0 fully saturated rings. The smallest absolute Gasteiger partial charge is 0.254 e. The number of aryl methyl sites for hydroxylation is 1. The quantitative estimate of drug-likeness (QED) is 0.858. The Morgan fingerprint density at radius 3 is 2.53 bits per heavy atom. The summed E-state index contributed by atoms with van der Waals surface area (Å²) < 4.78 is 0. The fourth-order valence-corrected chi connectivity index (χ4v) is 2.02. The number of anilines is 1. The largest absolute Gasteiger partial charge is 0.373 e. The summed E-state index contributed by atoms with van der Waals surface area (Å²) in [5, 5.41) is 3.02. The van der Waals surface area contributed by atoms with Crippen molar-refractivity contribution in [2.75, 3.05) is 18.9 Å². The number of rotatable bonds is 6. The molecule has 19 heavy (non-hydrogen) atoms. The highest BCUT2D eigenvalue weighted by Gasteiger charge is 2.19. The molecule has 4 heteroatoms. The molecular weight excluding hydrogens is 238 g/mol. The second kappa shape index (κ2) is 7.12. The molecule has 1 aromatic heterocycles. The van der Waals surface area contributed by atoms with E-state index in [0.717, 1.165) is 36.5 Å². The minimum atomic E-state index is 0.0884. The minimum Gasteiger partial charge on any atom is -0.373 e. The van der Waals surface area contributed by atoms with Crippen LogP contribution in [0.1, 0.15) is 50.2 Å². The number of nitrogens with one attached hydrogen (secondary N) is 1. The molecule has 0 bridgehead atoms. The molecule has 1 rings (SSSR count). The van der Waals surface area contributed by atoms with Crippen molar-refractivity contribution in [2.24, 2.45) is 0 Å². The van der Waals surface area contributed by atoms with Crippen LogP contribution < -0.4 is 5.32 Å². The van der Waals surface area contributed by atoms with E-state index in [0.29, 0.717) is 0 Å². The molecule has 106 valence electrons. The van der Waals surface area contributed by atoms with Crippen LogP contribution in [0, 0.1) is 0 Å². The number of aromatic nitrogens is 1. The van der Waals surface area contributed by atoms with Crippen molar-refractivity contribution in [1.29, 1.82) is 0 Å². The lowest BCUT2D eigenvalue weighted by Gasteiger charge is -2.26. The maximum Gasteiger partial charge on any atom is 0.254 e. The van der Waals surface area contributed by atoms with Crippen LogP contribution in [0.25, 0.3) is 0 Å². The summed E-state index contributed by atoms with van der Waals surface area (Å²) in [5.74, 6) is 0.841. The van der Waals surface area contributed by atoms with E-state index in [1.54, 1.807) is 0 Å². The zero-order valence-corrected chi connectivity index (χ0v) is 12.7. The Morgan fingerprint density at radius 2 is 2.05 bits per heavy atom. The molecular formula is C15H25N3O. The Labute approximate surface area is 116 Å². The number of carbonyl (C=O) groups excluding carboxylic acids is 1. The van der Waals surface area contributed by atoms with Gasteiger partial charge in [-0.1, -0.05) is 13.8 Å². The van der Waals surface area contributed by atoms with Crippen molar-refractivity contribution in [1.82, 2.24) is 9.88 Å². The number of hydrogen-bond donors (Lipinski definition) is 1. The van der Waals surface area contributed by atoms with Gasteiger partial charge in [0.05, 0.1) is 0 Å². The lowest BCUT2D eigenvalue weighted by molar-refractivity contribution is 0.0705. The molecule has 1 N–H and O–H groups in total. The Hall–Kier alpha value is -1.58. The SMILES string of the molecule is CCCN(C(=O)c1cc(CC)nc(NC)c1)C(C)C. The van der Waals surface area contributed by atoms with E-state index in [1.807, 2.05) is 31.0 Å². The van der Waals surface area contributed by atoms with Crippen LogP contribution in [0.15, 0.2) is 12.1 Å². The number of nitrogens with zero attached hydrogens (tertiary/aromatic N) is 2. The van der Waals surface area contributed by atoms with Gasteiger partial charge in [0.2, 0.25) is 0 Å². The van der Waals surface area contributed by atoms with Gasteiger partial charge in [0.15, 0.2) is 0 Å². The van der Waals surface area contributed by atoms with E-state index in [4.69, 9.17) is 0 Å². The monoisotopic (exact) mass is 263 g/mol. The molecule has 0 spiro atoms. The van der Waals surface area contributed by atoms with Crippen molar-refractivity contribution in [3.63, 3.8) is 0 Å². The maximum atomic E-state index is 12.6. The van der Waals surface area contributed by atoms with Gasteiger partial charge in [-0.3, -0.25) is 4.79 Å². The average Bonchev–Trinajstić information content (AvgIpc) is 2.42. The predicted octanol–water partition coefficient (Wildman–Crippen LogP) is 2.95. The third-order valence-electron chi connectivity index (χ3n) is 3.09. The van der Waals surface area contributed by atoms with E-state index in [9.17, 15) is 4.79 Å². The summed E-state index contributed by atoms with van der Waals surface area (Å²) >= 11 is 0. The van der Waals surface area contributed by atoms with E-state index in [-0.39, 0.29) is 11.9 Å². The van der Waals surface area contributed by atoms with Crippen LogP contribution in [-0.4, -0.2) is 35.4 Å². The van der Waals surface area contributed by atoms with Crippen LogP contribution in [-0.2, 0) is 6.42 Å². The molecule has 0 aliphatic rings. The summed E-state index contributed by atoms with van der Waals surface area (Å²) in [6, 6.07) is 3.93. The molecule has 0 aliphatic heterocycles. The lowest BCUT2D eigenvalue weighted by atomic mass is 10.1. The van der Waals surface area contributed by atoms with Crippen LogP contribution >= 0.6 is 0 Å². The minimum absolute atomic E-state index is 0.0884. The second-order valence-corrected chi connectivity index (χ2v) is 4.93. The highest BCUT2D eigenvalue weighted by atomic mass is 16.2. The van der Waals surface area contributed by atoms with Gasteiger partial charge < -0.3 is 10.2 Å². The van der Waals surface area contributed by atoms with Crippen LogP contribution in [0.5, 0.6) is 0 Å². The van der Waals surface area contributed by atoms with Gasteiger partial charge in [-0.25, -0.2) is 4.98 Å². The summed E-state index contributed by atoms with van der Waals surface area (Å²) in [4.78, 5) is 18.9. The van der Waals surface area contributed by atoms with E-state index < -0.39 is 0 Å². The summed E-state index contributed by atoms with van der Waals surface area (Å²) in [7, 11) is 1.82.